The Balaban J connectivity index is 1.62. The molecule has 0 spiro atoms. The standard InChI is InChI=1S/C22H14Br2Cl2N2O/c23-14-9-17-20-11-19(12-1-5-15(25)6-2-12)27-28(20)22(29-21(17)18(24)10-14)13-3-7-16(26)8-4-13/h1-10,20,22H,11H2/t20-,22+/m1/s1. The Hall–Kier alpha value is -1.53. The minimum absolute atomic E-state index is 0.0684. The lowest BCUT2D eigenvalue weighted by Crippen LogP contribution is -2.33. The molecule has 0 unspecified atom stereocenters. The quantitative estimate of drug-likeness (QED) is 0.324. The summed E-state index contributed by atoms with van der Waals surface area (Å²) in [5, 5.41) is 8.42. The molecule has 0 amide bonds. The van der Waals surface area contributed by atoms with Crippen LogP contribution in [0.4, 0.5) is 0 Å². The Morgan fingerprint density at radius 3 is 2.28 bits per heavy atom. The van der Waals surface area contributed by atoms with Gasteiger partial charge in [-0.15, -0.1) is 0 Å². The monoisotopic (exact) mass is 550 g/mol. The van der Waals surface area contributed by atoms with Gasteiger partial charge in [0.25, 0.3) is 0 Å². The molecule has 0 fully saturated rings. The molecule has 29 heavy (non-hydrogen) atoms. The lowest BCUT2D eigenvalue weighted by molar-refractivity contribution is -0.0197. The summed E-state index contributed by atoms with van der Waals surface area (Å²) < 4.78 is 8.36. The molecule has 3 aromatic carbocycles. The molecule has 3 nitrogen and oxygen atoms in total. The highest BCUT2D eigenvalue weighted by Crippen LogP contribution is 2.50. The van der Waals surface area contributed by atoms with Crippen LogP contribution in [0.3, 0.4) is 0 Å². The Labute approximate surface area is 195 Å². The SMILES string of the molecule is Clc1ccc(C2=NN3[C@H](C2)c2cc(Br)cc(Br)c2O[C@H]3c2ccc(Cl)cc2)cc1. The van der Waals surface area contributed by atoms with Gasteiger partial charge in [-0.25, -0.2) is 5.01 Å². The lowest BCUT2D eigenvalue weighted by Gasteiger charge is -2.38. The van der Waals surface area contributed by atoms with Gasteiger partial charge in [0.2, 0.25) is 6.23 Å². The Morgan fingerprint density at radius 2 is 1.59 bits per heavy atom. The average molecular weight is 553 g/mol. The summed E-state index contributed by atoms with van der Waals surface area (Å²) in [5.41, 5.74) is 4.18. The van der Waals surface area contributed by atoms with E-state index in [1.54, 1.807) is 0 Å². The highest BCUT2D eigenvalue weighted by Gasteiger charge is 2.41. The number of halogens is 4. The first-order chi connectivity index (χ1) is 14.0. The maximum atomic E-state index is 6.45. The summed E-state index contributed by atoms with van der Waals surface area (Å²) in [6.07, 6.45) is 0.442. The molecule has 0 saturated carbocycles. The van der Waals surface area contributed by atoms with Gasteiger partial charge >= 0.3 is 0 Å². The number of ether oxygens (including phenoxy) is 1. The van der Waals surface area contributed by atoms with Crippen LogP contribution in [-0.4, -0.2) is 10.7 Å². The van der Waals surface area contributed by atoms with Gasteiger partial charge in [-0.1, -0.05) is 63.4 Å². The molecule has 2 atom stereocenters. The predicted octanol–water partition coefficient (Wildman–Crippen LogP) is 7.76. The summed E-state index contributed by atoms with van der Waals surface area (Å²) in [6, 6.07) is 19.7. The summed E-state index contributed by atoms with van der Waals surface area (Å²) in [5.74, 6) is 0.849. The average Bonchev–Trinajstić information content (AvgIpc) is 3.14. The van der Waals surface area contributed by atoms with E-state index in [0.29, 0.717) is 10.0 Å². The fourth-order valence-electron chi connectivity index (χ4n) is 3.78. The smallest absolute Gasteiger partial charge is 0.213 e. The van der Waals surface area contributed by atoms with Gasteiger partial charge in [0.05, 0.1) is 16.2 Å². The van der Waals surface area contributed by atoms with Crippen molar-refractivity contribution in [2.75, 3.05) is 0 Å². The fourth-order valence-corrected chi connectivity index (χ4v) is 5.38. The second-order valence-electron chi connectivity index (χ2n) is 6.98. The molecule has 0 aliphatic carbocycles. The molecular weight excluding hydrogens is 539 g/mol. The maximum absolute atomic E-state index is 6.45. The molecule has 0 bridgehead atoms. The summed E-state index contributed by atoms with van der Waals surface area (Å²) in [7, 11) is 0. The number of benzene rings is 3. The number of hydrogen-bond acceptors (Lipinski definition) is 3. The molecule has 2 aliphatic rings. The van der Waals surface area contributed by atoms with Crippen LogP contribution >= 0.6 is 55.1 Å². The van der Waals surface area contributed by atoms with Crippen molar-refractivity contribution < 1.29 is 4.74 Å². The van der Waals surface area contributed by atoms with Crippen LogP contribution in [0.2, 0.25) is 10.0 Å². The lowest BCUT2D eigenvalue weighted by atomic mass is 9.96. The summed E-state index contributed by atoms with van der Waals surface area (Å²) in [4.78, 5) is 0. The van der Waals surface area contributed by atoms with Crippen LogP contribution in [0, 0.1) is 0 Å². The number of fused-ring (bicyclic) bond motifs is 3. The maximum Gasteiger partial charge on any atom is 0.213 e. The van der Waals surface area contributed by atoms with Crippen molar-refractivity contribution in [1.82, 2.24) is 5.01 Å². The Morgan fingerprint density at radius 1 is 0.931 bits per heavy atom. The molecule has 5 rings (SSSR count). The Kier molecular flexibility index (Phi) is 5.11. The third kappa shape index (κ3) is 3.59. The van der Waals surface area contributed by atoms with Gasteiger partial charge in [0.1, 0.15) is 5.75 Å². The largest absolute Gasteiger partial charge is 0.463 e. The number of hydrazone groups is 1. The van der Waals surface area contributed by atoms with Gasteiger partial charge in [0.15, 0.2) is 0 Å². The van der Waals surface area contributed by atoms with Crippen molar-refractivity contribution in [3.63, 3.8) is 0 Å². The molecule has 0 N–H and O–H groups in total. The highest BCUT2D eigenvalue weighted by molar-refractivity contribution is 9.11. The van der Waals surface area contributed by atoms with E-state index in [-0.39, 0.29) is 12.3 Å². The van der Waals surface area contributed by atoms with E-state index in [2.05, 4.69) is 37.9 Å². The van der Waals surface area contributed by atoms with Crippen molar-refractivity contribution in [2.24, 2.45) is 5.10 Å². The van der Waals surface area contributed by atoms with Crippen molar-refractivity contribution in [2.45, 2.75) is 18.7 Å². The molecule has 146 valence electrons. The molecule has 0 saturated heterocycles. The van der Waals surface area contributed by atoms with Crippen LogP contribution in [0.5, 0.6) is 5.75 Å². The second kappa shape index (κ2) is 7.62. The van der Waals surface area contributed by atoms with Crippen LogP contribution < -0.4 is 4.74 Å². The predicted molar refractivity (Wildman–Crippen MR) is 124 cm³/mol. The van der Waals surface area contributed by atoms with E-state index in [4.69, 9.17) is 33.0 Å². The zero-order valence-corrected chi connectivity index (χ0v) is 19.6. The Bertz CT molecular complexity index is 1120. The van der Waals surface area contributed by atoms with E-state index in [1.165, 1.54) is 0 Å². The van der Waals surface area contributed by atoms with E-state index in [1.807, 2.05) is 59.6 Å². The minimum Gasteiger partial charge on any atom is -0.463 e. The minimum atomic E-state index is -0.341. The fraction of sp³-hybridized carbons (Fsp3) is 0.136. The van der Waals surface area contributed by atoms with Gasteiger partial charge in [-0.05, 0) is 57.9 Å². The third-order valence-electron chi connectivity index (χ3n) is 5.14. The highest BCUT2D eigenvalue weighted by atomic mass is 79.9. The number of nitrogens with zero attached hydrogens (tertiary/aromatic N) is 2. The molecule has 0 radical (unpaired) electrons. The molecule has 2 heterocycles. The van der Waals surface area contributed by atoms with Gasteiger partial charge in [-0.2, -0.15) is 5.10 Å². The van der Waals surface area contributed by atoms with E-state index in [9.17, 15) is 0 Å². The normalized spacial score (nSPS) is 20.0. The number of hydrogen-bond donors (Lipinski definition) is 0. The molecular formula is C22H14Br2Cl2N2O. The molecule has 0 aromatic heterocycles. The summed E-state index contributed by atoms with van der Waals surface area (Å²) in [6.45, 7) is 0. The molecule has 7 heteroatoms. The van der Waals surface area contributed by atoms with E-state index >= 15 is 0 Å². The van der Waals surface area contributed by atoms with Crippen LogP contribution in [0.25, 0.3) is 0 Å². The second-order valence-corrected chi connectivity index (χ2v) is 9.62. The summed E-state index contributed by atoms with van der Waals surface area (Å²) >= 11 is 19.4. The third-order valence-corrected chi connectivity index (χ3v) is 6.69. The van der Waals surface area contributed by atoms with Gasteiger partial charge in [-0.3, -0.25) is 0 Å². The first-order valence-corrected chi connectivity index (χ1v) is 11.4. The zero-order valence-electron chi connectivity index (χ0n) is 14.9. The van der Waals surface area contributed by atoms with Crippen LogP contribution in [0.1, 0.15) is 35.4 Å². The van der Waals surface area contributed by atoms with E-state index < -0.39 is 0 Å². The molecule has 3 aromatic rings. The first-order valence-electron chi connectivity index (χ1n) is 9.02. The van der Waals surface area contributed by atoms with Gasteiger partial charge in [0, 0.05) is 32.1 Å². The van der Waals surface area contributed by atoms with Crippen LogP contribution in [-0.2, 0) is 0 Å². The zero-order chi connectivity index (χ0) is 20.1. The van der Waals surface area contributed by atoms with Crippen LogP contribution in [0.15, 0.2) is 74.7 Å². The molecule has 2 aliphatic heterocycles. The van der Waals surface area contributed by atoms with Gasteiger partial charge < -0.3 is 4.74 Å². The number of rotatable bonds is 2. The van der Waals surface area contributed by atoms with Crippen molar-refractivity contribution >= 4 is 60.8 Å². The van der Waals surface area contributed by atoms with Crippen molar-refractivity contribution in [1.29, 1.82) is 0 Å². The van der Waals surface area contributed by atoms with Crippen molar-refractivity contribution in [3.8, 4) is 5.75 Å². The van der Waals surface area contributed by atoms with Crippen molar-refractivity contribution in [3.05, 3.63) is 96.3 Å². The van der Waals surface area contributed by atoms with E-state index in [0.717, 1.165) is 43.5 Å². The topological polar surface area (TPSA) is 24.8 Å². The first kappa shape index (κ1) is 19.4.